The summed E-state index contributed by atoms with van der Waals surface area (Å²) in [7, 11) is 1.26. The van der Waals surface area contributed by atoms with Gasteiger partial charge in [-0.15, -0.1) is 0 Å². The van der Waals surface area contributed by atoms with Crippen LogP contribution in [0.15, 0.2) is 12.2 Å². The molecule has 1 amide bonds. The molecule has 0 fully saturated rings. The van der Waals surface area contributed by atoms with Gasteiger partial charge in [0.2, 0.25) is 0 Å². The van der Waals surface area contributed by atoms with E-state index in [-0.39, 0.29) is 0 Å². The lowest BCUT2D eigenvalue weighted by molar-refractivity contribution is -0.143. The summed E-state index contributed by atoms with van der Waals surface area (Å²) >= 11 is 0. The zero-order valence-corrected chi connectivity index (χ0v) is 14.5. The summed E-state index contributed by atoms with van der Waals surface area (Å²) in [6, 6.07) is -0.786. The number of carbonyl (C=O) groups excluding carboxylic acids is 3. The predicted octanol–water partition coefficient (Wildman–Crippen LogP) is 2.34. The number of amides is 1. The largest absolute Gasteiger partial charge is 0.467 e. The first-order valence-electron chi connectivity index (χ1n) is 7.60. The summed E-state index contributed by atoms with van der Waals surface area (Å²) in [5.41, 5.74) is -0.646. The summed E-state index contributed by atoms with van der Waals surface area (Å²) in [6.07, 6.45) is 3.87. The highest BCUT2D eigenvalue weighted by Crippen LogP contribution is 2.09. The molecule has 0 aliphatic carbocycles. The van der Waals surface area contributed by atoms with Crippen molar-refractivity contribution < 1.29 is 28.6 Å². The number of rotatable bonds is 8. The van der Waals surface area contributed by atoms with Crippen molar-refractivity contribution in [3.8, 4) is 0 Å². The van der Waals surface area contributed by atoms with Gasteiger partial charge in [-0.2, -0.15) is 0 Å². The maximum absolute atomic E-state index is 11.7. The van der Waals surface area contributed by atoms with Crippen LogP contribution in [-0.2, 0) is 23.8 Å². The van der Waals surface area contributed by atoms with Crippen LogP contribution in [0.25, 0.3) is 0 Å². The summed E-state index contributed by atoms with van der Waals surface area (Å²) in [5, 5.41) is 2.49. The van der Waals surface area contributed by atoms with E-state index in [1.54, 1.807) is 33.8 Å². The van der Waals surface area contributed by atoms with Gasteiger partial charge in [-0.1, -0.05) is 6.08 Å². The highest BCUT2D eigenvalue weighted by Gasteiger charge is 2.24. The van der Waals surface area contributed by atoms with Crippen LogP contribution in [-0.4, -0.2) is 43.4 Å². The molecule has 0 radical (unpaired) electrons. The van der Waals surface area contributed by atoms with Gasteiger partial charge in [0.15, 0.2) is 0 Å². The molecule has 0 bridgehead atoms. The van der Waals surface area contributed by atoms with E-state index in [4.69, 9.17) is 9.47 Å². The SMILES string of the molecule is CCOC(=O)/C=C\CCC[C@H](NC(=O)OC(C)(C)C)C(=O)OC. The van der Waals surface area contributed by atoms with E-state index in [9.17, 15) is 14.4 Å². The highest BCUT2D eigenvalue weighted by molar-refractivity contribution is 5.82. The molecule has 0 rings (SSSR count). The second-order valence-corrected chi connectivity index (χ2v) is 5.81. The van der Waals surface area contributed by atoms with Crippen molar-refractivity contribution in [1.29, 1.82) is 0 Å². The van der Waals surface area contributed by atoms with Crippen molar-refractivity contribution in [1.82, 2.24) is 5.32 Å². The third-order valence-corrected chi connectivity index (χ3v) is 2.58. The molecule has 0 saturated heterocycles. The van der Waals surface area contributed by atoms with Crippen LogP contribution in [0, 0.1) is 0 Å². The Morgan fingerprint density at radius 1 is 1.22 bits per heavy atom. The lowest BCUT2D eigenvalue weighted by Gasteiger charge is -2.22. The molecule has 0 aromatic carbocycles. The molecule has 7 heteroatoms. The van der Waals surface area contributed by atoms with Crippen molar-refractivity contribution in [2.75, 3.05) is 13.7 Å². The summed E-state index contributed by atoms with van der Waals surface area (Å²) in [4.78, 5) is 34.5. The van der Waals surface area contributed by atoms with E-state index in [0.717, 1.165) is 0 Å². The fraction of sp³-hybridized carbons (Fsp3) is 0.688. The van der Waals surface area contributed by atoms with Gasteiger partial charge in [-0.25, -0.2) is 14.4 Å². The first-order chi connectivity index (χ1) is 10.7. The molecule has 0 aliphatic rings. The third-order valence-electron chi connectivity index (χ3n) is 2.58. The van der Waals surface area contributed by atoms with E-state index in [2.05, 4.69) is 10.1 Å². The van der Waals surface area contributed by atoms with Crippen LogP contribution in [0.1, 0.15) is 47.0 Å². The highest BCUT2D eigenvalue weighted by atomic mass is 16.6. The molecule has 0 saturated carbocycles. The average molecular weight is 329 g/mol. The number of allylic oxidation sites excluding steroid dienone is 1. The quantitative estimate of drug-likeness (QED) is 0.318. The molecule has 23 heavy (non-hydrogen) atoms. The molecule has 0 heterocycles. The van der Waals surface area contributed by atoms with Gasteiger partial charge in [0, 0.05) is 6.08 Å². The van der Waals surface area contributed by atoms with Crippen LogP contribution < -0.4 is 5.32 Å². The lowest BCUT2D eigenvalue weighted by atomic mass is 10.1. The summed E-state index contributed by atoms with van der Waals surface area (Å²) in [5.74, 6) is -0.936. The minimum atomic E-state index is -0.786. The first-order valence-corrected chi connectivity index (χ1v) is 7.60. The van der Waals surface area contributed by atoms with Gasteiger partial charge >= 0.3 is 18.0 Å². The van der Waals surface area contributed by atoms with Crippen LogP contribution in [0.3, 0.4) is 0 Å². The number of carbonyl (C=O) groups is 3. The Balaban J connectivity index is 4.34. The van der Waals surface area contributed by atoms with Crippen molar-refractivity contribution in [2.45, 2.75) is 58.6 Å². The number of unbranched alkanes of at least 4 members (excludes halogenated alkanes) is 1. The third kappa shape index (κ3) is 11.2. The fourth-order valence-corrected chi connectivity index (χ4v) is 1.65. The molecular formula is C16H27NO6. The van der Waals surface area contributed by atoms with Gasteiger partial charge in [-0.05, 0) is 47.0 Å². The molecular weight excluding hydrogens is 302 g/mol. The Morgan fingerprint density at radius 3 is 2.39 bits per heavy atom. The maximum Gasteiger partial charge on any atom is 0.408 e. The molecule has 1 atom stereocenters. The minimum absolute atomic E-state index is 0.327. The molecule has 0 aliphatic heterocycles. The molecule has 0 aromatic heterocycles. The first kappa shape index (κ1) is 20.9. The van der Waals surface area contributed by atoms with E-state index in [1.165, 1.54) is 13.2 Å². The Hall–Kier alpha value is -2.05. The Labute approximate surface area is 137 Å². The number of hydrogen-bond acceptors (Lipinski definition) is 6. The van der Waals surface area contributed by atoms with Crippen molar-refractivity contribution in [3.63, 3.8) is 0 Å². The van der Waals surface area contributed by atoms with Crippen LogP contribution in [0.5, 0.6) is 0 Å². The number of alkyl carbamates (subject to hydrolysis) is 1. The van der Waals surface area contributed by atoms with Gasteiger partial charge in [0.05, 0.1) is 13.7 Å². The number of hydrogen-bond donors (Lipinski definition) is 1. The Kier molecular flexibility index (Phi) is 9.69. The van der Waals surface area contributed by atoms with Crippen LogP contribution in [0.2, 0.25) is 0 Å². The van der Waals surface area contributed by atoms with Crippen molar-refractivity contribution >= 4 is 18.0 Å². The van der Waals surface area contributed by atoms with Gasteiger partial charge < -0.3 is 19.5 Å². The lowest BCUT2D eigenvalue weighted by Crippen LogP contribution is -2.44. The van der Waals surface area contributed by atoms with Crippen molar-refractivity contribution in [3.05, 3.63) is 12.2 Å². The smallest absolute Gasteiger partial charge is 0.408 e. The van der Waals surface area contributed by atoms with Crippen LogP contribution >= 0.6 is 0 Å². The maximum atomic E-state index is 11.7. The van der Waals surface area contributed by atoms with Crippen LogP contribution in [0.4, 0.5) is 4.79 Å². The monoisotopic (exact) mass is 329 g/mol. The minimum Gasteiger partial charge on any atom is -0.467 e. The summed E-state index contributed by atoms with van der Waals surface area (Å²) in [6.45, 7) is 7.27. The molecule has 132 valence electrons. The predicted molar refractivity (Wildman–Crippen MR) is 84.8 cm³/mol. The molecule has 7 nitrogen and oxygen atoms in total. The Bertz CT molecular complexity index is 425. The van der Waals surface area contributed by atoms with Crippen molar-refractivity contribution in [2.24, 2.45) is 0 Å². The van der Waals surface area contributed by atoms with Gasteiger partial charge in [0.1, 0.15) is 11.6 Å². The van der Waals surface area contributed by atoms with Gasteiger partial charge in [0.25, 0.3) is 0 Å². The standard InChI is InChI=1S/C16H27NO6/c1-6-22-13(18)11-9-7-8-10-12(14(19)21-5)17-15(20)23-16(2,3)4/h9,11-12H,6-8,10H2,1-5H3,(H,17,20)/b11-9-/t12-/m0/s1. The number of esters is 2. The van der Waals surface area contributed by atoms with E-state index < -0.39 is 29.7 Å². The second kappa shape index (κ2) is 10.6. The average Bonchev–Trinajstić information content (AvgIpc) is 2.43. The molecule has 0 spiro atoms. The fourth-order valence-electron chi connectivity index (χ4n) is 1.65. The van der Waals surface area contributed by atoms with E-state index in [0.29, 0.717) is 25.9 Å². The molecule has 0 aromatic rings. The van der Waals surface area contributed by atoms with Gasteiger partial charge in [-0.3, -0.25) is 0 Å². The van der Waals surface area contributed by atoms with E-state index in [1.807, 2.05) is 0 Å². The molecule has 1 N–H and O–H groups in total. The number of ether oxygens (including phenoxy) is 3. The Morgan fingerprint density at radius 2 is 1.87 bits per heavy atom. The second-order valence-electron chi connectivity index (χ2n) is 5.81. The normalized spacial score (nSPS) is 12.6. The summed E-state index contributed by atoms with van der Waals surface area (Å²) < 4.78 is 14.5. The molecule has 0 unspecified atom stereocenters. The number of nitrogens with one attached hydrogen (secondary N) is 1. The number of methoxy groups -OCH3 is 1. The zero-order valence-electron chi connectivity index (χ0n) is 14.5. The zero-order chi connectivity index (χ0) is 17.9. The van der Waals surface area contributed by atoms with E-state index >= 15 is 0 Å². The topological polar surface area (TPSA) is 90.9 Å².